The van der Waals surface area contributed by atoms with Crippen molar-refractivity contribution in [2.45, 2.75) is 14.4 Å². The monoisotopic (exact) mass is 441 g/mol. The predicted octanol–water partition coefficient (Wildman–Crippen LogP) is 5.72. The first-order chi connectivity index (χ1) is 16.3. The number of nitrogens with zero attached hydrogens (tertiary/aromatic N) is 1. The first-order valence-electron chi connectivity index (χ1n) is 10.6. The smallest absolute Gasteiger partial charge is 0.266 e. The lowest BCUT2D eigenvalue weighted by Crippen LogP contribution is -2.61. The molecule has 0 fully saturated rings. The van der Waals surface area contributed by atoms with E-state index in [1.165, 1.54) is 22.3 Å². The number of anilines is 3. The second-order valence-corrected chi connectivity index (χ2v) is 7.64. The molecule has 3 aliphatic rings. The summed E-state index contributed by atoms with van der Waals surface area (Å²) in [5.41, 5.74) is 7.04. The average Bonchev–Trinajstić information content (AvgIpc) is 2.87. The van der Waals surface area contributed by atoms with Crippen molar-refractivity contribution in [3.05, 3.63) is 84.9 Å². The van der Waals surface area contributed by atoms with Gasteiger partial charge in [-0.2, -0.15) is 0 Å². The average molecular weight is 441 g/mol. The number of benzene rings is 4. The van der Waals surface area contributed by atoms with E-state index >= 15 is 0 Å². The van der Waals surface area contributed by atoms with Gasteiger partial charge < -0.3 is 14.4 Å². The van der Waals surface area contributed by atoms with Gasteiger partial charge >= 0.3 is 0 Å². The van der Waals surface area contributed by atoms with E-state index < -0.39 is 0 Å². The summed E-state index contributed by atoms with van der Waals surface area (Å²) in [5, 5.41) is 0. The lowest BCUT2D eigenvalue weighted by Gasteiger charge is -2.42. The number of hydrogen-bond acceptors (Lipinski definition) is 3. The fourth-order valence-corrected chi connectivity index (χ4v) is 4.85. The summed E-state index contributed by atoms with van der Waals surface area (Å²) in [6.45, 7) is 1.78. The van der Waals surface area contributed by atoms with Gasteiger partial charge in [-0.1, -0.05) is 43.8 Å². The van der Waals surface area contributed by atoms with Crippen LogP contribution in [0.3, 0.4) is 0 Å². The van der Waals surface area contributed by atoms with Gasteiger partial charge in [-0.05, 0) is 66.4 Å². The van der Waals surface area contributed by atoms with Gasteiger partial charge in [0.2, 0.25) is 0 Å². The molecule has 34 heavy (non-hydrogen) atoms. The molecule has 3 aliphatic heterocycles. The van der Waals surface area contributed by atoms with Crippen LogP contribution in [-0.2, 0) is 0 Å². The molecule has 0 radical (unpaired) electrons. The number of rotatable bonds is 1. The van der Waals surface area contributed by atoms with Crippen LogP contribution in [0.25, 0.3) is 0 Å². The maximum Gasteiger partial charge on any atom is 0.266 e. The van der Waals surface area contributed by atoms with Crippen molar-refractivity contribution in [3.63, 3.8) is 0 Å². The molecule has 0 saturated carbocycles. The van der Waals surface area contributed by atoms with Crippen molar-refractivity contribution >= 4 is 40.2 Å². The first kappa shape index (κ1) is 22.7. The lowest BCUT2D eigenvalue weighted by molar-refractivity contribution is 0.464. The zero-order chi connectivity index (χ0) is 22.9. The maximum absolute atomic E-state index is 6.33. The lowest BCUT2D eigenvalue weighted by atomic mass is 9.33. The van der Waals surface area contributed by atoms with Gasteiger partial charge in [-0.3, -0.25) is 0 Å². The molecular weight excluding hydrogens is 417 g/mol. The van der Waals surface area contributed by atoms with Gasteiger partial charge in [0.25, 0.3) is 6.71 Å². The summed E-state index contributed by atoms with van der Waals surface area (Å²) < 4.78 is 12.7. The minimum Gasteiger partial charge on any atom is -0.458 e. The van der Waals surface area contributed by atoms with Gasteiger partial charge in [0.05, 0.1) is 0 Å². The van der Waals surface area contributed by atoms with E-state index in [-0.39, 0.29) is 14.1 Å². The highest BCUT2D eigenvalue weighted by Gasteiger charge is 2.46. The molecule has 0 amide bonds. The van der Waals surface area contributed by atoms with Crippen molar-refractivity contribution in [2.24, 2.45) is 0 Å². The number of ether oxygens (including phenoxy) is 2. The standard InChI is InChI=1S/C24H14BNO2.C3H4.C2H2.CH4/c1-2-7-15(8-3-1)26-16-9-4-11-18-22(16)25-23-17(26)10-5-12-19(23)28-21-14-6-13-20(27-18)24(21)25;1-3-2;1-2;/h1-14H;1H,2H3;1-2H;1H4. The summed E-state index contributed by atoms with van der Waals surface area (Å²) >= 11 is 0. The summed E-state index contributed by atoms with van der Waals surface area (Å²) in [6, 6.07) is 29.2. The van der Waals surface area contributed by atoms with Crippen LogP contribution >= 0.6 is 0 Å². The third-order valence-corrected chi connectivity index (χ3v) is 5.91. The normalized spacial score (nSPS) is 11.9. The Morgan fingerprint density at radius 3 is 1.53 bits per heavy atom. The van der Waals surface area contributed by atoms with Gasteiger partial charge in [-0.25, -0.2) is 0 Å². The summed E-state index contributed by atoms with van der Waals surface area (Å²) in [6.07, 6.45) is 12.6. The van der Waals surface area contributed by atoms with Crippen LogP contribution in [0, 0.1) is 25.2 Å². The van der Waals surface area contributed by atoms with E-state index in [0.29, 0.717) is 0 Å². The van der Waals surface area contributed by atoms with E-state index in [1.54, 1.807) is 6.92 Å². The molecule has 3 heterocycles. The SMILES string of the molecule is C.C#C.C#CC.c1ccc(N2c3cccc4c3B3c5c(cccc5Oc5cccc2c53)O4)cc1. The van der Waals surface area contributed by atoms with Gasteiger partial charge in [0.1, 0.15) is 23.0 Å². The Balaban J connectivity index is 0.000000426. The van der Waals surface area contributed by atoms with Crippen molar-refractivity contribution in [2.75, 3.05) is 4.90 Å². The van der Waals surface area contributed by atoms with Crippen molar-refractivity contribution in [1.82, 2.24) is 0 Å². The highest BCUT2D eigenvalue weighted by atomic mass is 16.5. The fourth-order valence-electron chi connectivity index (χ4n) is 4.85. The zero-order valence-electron chi connectivity index (χ0n) is 18.2. The Morgan fingerprint density at radius 1 is 0.647 bits per heavy atom. The zero-order valence-corrected chi connectivity index (χ0v) is 18.2. The molecule has 164 valence electrons. The van der Waals surface area contributed by atoms with Crippen LogP contribution in [0.4, 0.5) is 17.1 Å². The Kier molecular flexibility index (Phi) is 6.09. The molecule has 0 bridgehead atoms. The molecule has 0 N–H and O–H groups in total. The third kappa shape index (κ3) is 3.21. The number of hydrogen-bond donors (Lipinski definition) is 0. The molecule has 3 nitrogen and oxygen atoms in total. The molecule has 0 unspecified atom stereocenters. The van der Waals surface area contributed by atoms with Gasteiger partial charge in [0.15, 0.2) is 0 Å². The molecule has 0 saturated heterocycles. The summed E-state index contributed by atoms with van der Waals surface area (Å²) in [7, 11) is 0. The van der Waals surface area contributed by atoms with Crippen LogP contribution in [0.15, 0.2) is 84.9 Å². The van der Waals surface area contributed by atoms with E-state index in [2.05, 4.69) is 90.8 Å². The number of para-hydroxylation sites is 1. The molecule has 4 aromatic carbocycles. The first-order valence-corrected chi connectivity index (χ1v) is 10.6. The highest BCUT2D eigenvalue weighted by Crippen LogP contribution is 2.44. The maximum atomic E-state index is 6.33. The quantitative estimate of drug-likeness (QED) is 0.240. The fraction of sp³-hybridized carbons (Fsp3) is 0.0667. The van der Waals surface area contributed by atoms with Crippen LogP contribution in [0.1, 0.15) is 14.4 Å². The Labute approximate surface area is 202 Å². The summed E-state index contributed by atoms with van der Waals surface area (Å²) in [5.74, 6) is 5.88. The third-order valence-electron chi connectivity index (χ3n) is 5.91. The van der Waals surface area contributed by atoms with Crippen LogP contribution in [-0.4, -0.2) is 6.71 Å². The van der Waals surface area contributed by atoms with E-state index in [1.807, 2.05) is 24.3 Å². The largest absolute Gasteiger partial charge is 0.458 e. The van der Waals surface area contributed by atoms with Crippen LogP contribution in [0.5, 0.6) is 23.0 Å². The van der Waals surface area contributed by atoms with Gasteiger partial charge in [0, 0.05) is 22.5 Å². The molecule has 0 atom stereocenters. The Hall–Kier alpha value is -4.54. The van der Waals surface area contributed by atoms with Crippen molar-refractivity contribution in [3.8, 4) is 48.2 Å². The van der Waals surface area contributed by atoms with Crippen molar-refractivity contribution < 1.29 is 9.47 Å². The van der Waals surface area contributed by atoms with Crippen LogP contribution < -0.4 is 30.8 Å². The van der Waals surface area contributed by atoms with Crippen molar-refractivity contribution in [1.29, 1.82) is 0 Å². The topological polar surface area (TPSA) is 21.7 Å². The Bertz CT molecular complexity index is 1340. The Morgan fingerprint density at radius 2 is 1.06 bits per heavy atom. The van der Waals surface area contributed by atoms with E-state index in [9.17, 15) is 0 Å². The minimum absolute atomic E-state index is 0. The second-order valence-electron chi connectivity index (χ2n) is 7.64. The predicted molar refractivity (Wildman–Crippen MR) is 143 cm³/mol. The van der Waals surface area contributed by atoms with E-state index in [0.717, 1.165) is 34.1 Å². The highest BCUT2D eigenvalue weighted by molar-refractivity contribution is 7.00. The van der Waals surface area contributed by atoms with Crippen LogP contribution in [0.2, 0.25) is 0 Å². The minimum atomic E-state index is 0. The van der Waals surface area contributed by atoms with Gasteiger partial charge in [-0.15, -0.1) is 25.2 Å². The second kappa shape index (κ2) is 9.14. The molecular formula is C30H24BNO2. The molecule has 0 spiro atoms. The molecule has 0 aromatic heterocycles. The summed E-state index contributed by atoms with van der Waals surface area (Å²) in [4.78, 5) is 2.32. The molecule has 4 aromatic rings. The molecule has 7 rings (SSSR count). The number of terminal acetylenes is 2. The molecule has 0 aliphatic carbocycles. The molecule has 4 heteroatoms. The van der Waals surface area contributed by atoms with E-state index in [4.69, 9.17) is 9.47 Å².